The minimum atomic E-state index is -0.0607. The van der Waals surface area contributed by atoms with Gasteiger partial charge in [-0.1, -0.05) is 12.2 Å². The van der Waals surface area contributed by atoms with E-state index in [4.69, 9.17) is 4.74 Å². The molecule has 3 atom stereocenters. The first kappa shape index (κ1) is 10.7. The summed E-state index contributed by atoms with van der Waals surface area (Å²) in [5, 5.41) is 0. The first-order valence-electron chi connectivity index (χ1n) is 5.90. The molecule has 2 saturated carbocycles. The van der Waals surface area contributed by atoms with Gasteiger partial charge in [0.15, 0.2) is 0 Å². The SMILES string of the molecule is C/C=C/C1(CC(=O)OC)C[C@H]2CC[C@H]2C1. The van der Waals surface area contributed by atoms with E-state index in [1.54, 1.807) is 0 Å². The molecule has 2 fully saturated rings. The van der Waals surface area contributed by atoms with Crippen LogP contribution in [0.25, 0.3) is 0 Å². The second-order valence-corrected chi connectivity index (χ2v) is 5.12. The Labute approximate surface area is 91.7 Å². The van der Waals surface area contributed by atoms with E-state index in [0.717, 1.165) is 11.8 Å². The molecular formula is C13H20O2. The Bertz CT molecular complexity index is 268. The van der Waals surface area contributed by atoms with Crippen LogP contribution in [0.4, 0.5) is 0 Å². The molecule has 0 aromatic heterocycles. The summed E-state index contributed by atoms with van der Waals surface area (Å²) in [5.74, 6) is 1.70. The molecule has 1 unspecified atom stereocenters. The molecule has 0 aromatic carbocycles. The molecule has 0 aliphatic heterocycles. The van der Waals surface area contributed by atoms with Crippen LogP contribution in [0.1, 0.15) is 39.0 Å². The fourth-order valence-corrected chi connectivity index (χ4v) is 3.36. The molecule has 0 bridgehead atoms. The number of carbonyl (C=O) groups is 1. The molecule has 2 rings (SSSR count). The monoisotopic (exact) mass is 208 g/mol. The van der Waals surface area contributed by atoms with Crippen molar-refractivity contribution < 1.29 is 9.53 Å². The van der Waals surface area contributed by atoms with Gasteiger partial charge >= 0.3 is 5.97 Å². The van der Waals surface area contributed by atoms with Gasteiger partial charge in [0, 0.05) is 0 Å². The summed E-state index contributed by atoms with van der Waals surface area (Å²) in [6, 6.07) is 0. The fraction of sp³-hybridized carbons (Fsp3) is 0.769. The van der Waals surface area contributed by atoms with Crippen LogP contribution in [-0.2, 0) is 9.53 Å². The van der Waals surface area contributed by atoms with Gasteiger partial charge in [0.1, 0.15) is 0 Å². The van der Waals surface area contributed by atoms with Crippen molar-refractivity contribution in [2.75, 3.05) is 7.11 Å². The van der Waals surface area contributed by atoms with Crippen LogP contribution in [0.2, 0.25) is 0 Å². The zero-order valence-corrected chi connectivity index (χ0v) is 9.66. The summed E-state index contributed by atoms with van der Waals surface area (Å²) in [7, 11) is 1.48. The highest BCUT2D eigenvalue weighted by atomic mass is 16.5. The van der Waals surface area contributed by atoms with Crippen molar-refractivity contribution in [3.05, 3.63) is 12.2 Å². The molecule has 15 heavy (non-hydrogen) atoms. The molecule has 2 aliphatic carbocycles. The van der Waals surface area contributed by atoms with E-state index < -0.39 is 0 Å². The standard InChI is InChI=1S/C13H20O2/c1-3-6-13(9-12(14)15-2)7-10-4-5-11(10)8-13/h3,6,10-11H,4-5,7-9H2,1-2H3/b6-3+/t10-,11+,13?. The van der Waals surface area contributed by atoms with Crippen molar-refractivity contribution in [2.24, 2.45) is 17.3 Å². The number of fused-ring (bicyclic) bond motifs is 1. The van der Waals surface area contributed by atoms with Crippen molar-refractivity contribution in [3.8, 4) is 0 Å². The number of rotatable bonds is 3. The van der Waals surface area contributed by atoms with E-state index in [1.165, 1.54) is 32.8 Å². The maximum absolute atomic E-state index is 11.4. The quantitative estimate of drug-likeness (QED) is 0.526. The number of hydrogen-bond acceptors (Lipinski definition) is 2. The predicted octanol–water partition coefficient (Wildman–Crippen LogP) is 2.93. The van der Waals surface area contributed by atoms with Crippen LogP contribution in [0.15, 0.2) is 12.2 Å². The Morgan fingerprint density at radius 1 is 1.40 bits per heavy atom. The van der Waals surface area contributed by atoms with E-state index in [1.807, 2.05) is 6.92 Å². The summed E-state index contributed by atoms with van der Waals surface area (Å²) in [6.45, 7) is 2.04. The number of ether oxygens (including phenoxy) is 1. The van der Waals surface area contributed by atoms with E-state index in [9.17, 15) is 4.79 Å². The van der Waals surface area contributed by atoms with Crippen LogP contribution in [0.5, 0.6) is 0 Å². The Balaban J connectivity index is 2.07. The van der Waals surface area contributed by atoms with Gasteiger partial charge in [-0.25, -0.2) is 0 Å². The molecular weight excluding hydrogens is 188 g/mol. The zero-order valence-electron chi connectivity index (χ0n) is 9.66. The zero-order chi connectivity index (χ0) is 10.9. The van der Waals surface area contributed by atoms with Crippen LogP contribution < -0.4 is 0 Å². The number of esters is 1. The Morgan fingerprint density at radius 3 is 2.40 bits per heavy atom. The lowest BCUT2D eigenvalue weighted by Gasteiger charge is -2.29. The minimum Gasteiger partial charge on any atom is -0.469 e. The first-order chi connectivity index (χ1) is 7.19. The lowest BCUT2D eigenvalue weighted by atomic mass is 9.77. The second kappa shape index (κ2) is 3.99. The van der Waals surface area contributed by atoms with Crippen LogP contribution >= 0.6 is 0 Å². The van der Waals surface area contributed by atoms with E-state index in [0.29, 0.717) is 6.42 Å². The molecule has 2 aliphatic rings. The van der Waals surface area contributed by atoms with Crippen molar-refractivity contribution in [2.45, 2.75) is 39.0 Å². The molecule has 0 saturated heterocycles. The Kier molecular flexibility index (Phi) is 2.85. The summed E-state index contributed by atoms with van der Waals surface area (Å²) in [6.07, 6.45) is 10.0. The minimum absolute atomic E-state index is 0.0607. The van der Waals surface area contributed by atoms with Crippen molar-refractivity contribution in [3.63, 3.8) is 0 Å². The molecule has 0 radical (unpaired) electrons. The van der Waals surface area contributed by atoms with Gasteiger partial charge in [0.2, 0.25) is 0 Å². The normalized spacial score (nSPS) is 38.8. The fourth-order valence-electron chi connectivity index (χ4n) is 3.36. The van der Waals surface area contributed by atoms with Gasteiger partial charge in [-0.15, -0.1) is 0 Å². The van der Waals surface area contributed by atoms with Crippen molar-refractivity contribution in [1.29, 1.82) is 0 Å². The third-order valence-corrected chi connectivity index (χ3v) is 4.16. The molecule has 2 heteroatoms. The predicted molar refractivity (Wildman–Crippen MR) is 59.3 cm³/mol. The van der Waals surface area contributed by atoms with Crippen LogP contribution in [-0.4, -0.2) is 13.1 Å². The molecule has 0 aromatic rings. The second-order valence-electron chi connectivity index (χ2n) is 5.12. The highest BCUT2D eigenvalue weighted by Crippen LogP contribution is 2.57. The highest BCUT2D eigenvalue weighted by Gasteiger charge is 2.48. The molecule has 84 valence electrons. The van der Waals surface area contributed by atoms with Crippen molar-refractivity contribution >= 4 is 5.97 Å². The molecule has 2 nitrogen and oxygen atoms in total. The van der Waals surface area contributed by atoms with Crippen molar-refractivity contribution in [1.82, 2.24) is 0 Å². The van der Waals surface area contributed by atoms with Gasteiger partial charge in [-0.05, 0) is 49.9 Å². The summed E-state index contributed by atoms with van der Waals surface area (Å²) in [5.41, 5.74) is 0.119. The third-order valence-electron chi connectivity index (χ3n) is 4.16. The largest absolute Gasteiger partial charge is 0.469 e. The Morgan fingerprint density at radius 2 is 2.00 bits per heavy atom. The molecule has 0 N–H and O–H groups in total. The number of methoxy groups -OCH3 is 1. The van der Waals surface area contributed by atoms with Crippen LogP contribution in [0, 0.1) is 17.3 Å². The maximum atomic E-state index is 11.4. The lowest BCUT2D eigenvalue weighted by Crippen LogP contribution is -2.20. The Hall–Kier alpha value is -0.790. The highest BCUT2D eigenvalue weighted by molar-refractivity contribution is 5.70. The van der Waals surface area contributed by atoms with Gasteiger partial charge in [0.25, 0.3) is 0 Å². The van der Waals surface area contributed by atoms with Gasteiger partial charge in [0.05, 0.1) is 13.5 Å². The summed E-state index contributed by atoms with van der Waals surface area (Å²) in [4.78, 5) is 11.4. The van der Waals surface area contributed by atoms with Gasteiger partial charge in [-0.2, -0.15) is 0 Å². The average molecular weight is 208 g/mol. The molecule has 0 amide bonds. The summed E-state index contributed by atoms with van der Waals surface area (Å²) < 4.78 is 4.80. The van der Waals surface area contributed by atoms with Gasteiger partial charge < -0.3 is 4.74 Å². The molecule has 0 heterocycles. The number of allylic oxidation sites excluding steroid dienone is 2. The summed E-state index contributed by atoms with van der Waals surface area (Å²) >= 11 is 0. The van der Waals surface area contributed by atoms with E-state index in [-0.39, 0.29) is 11.4 Å². The average Bonchev–Trinajstić information content (AvgIpc) is 2.43. The van der Waals surface area contributed by atoms with E-state index in [2.05, 4.69) is 12.2 Å². The third kappa shape index (κ3) is 1.95. The topological polar surface area (TPSA) is 26.3 Å². The first-order valence-corrected chi connectivity index (χ1v) is 5.90. The smallest absolute Gasteiger partial charge is 0.306 e. The molecule has 0 spiro atoms. The van der Waals surface area contributed by atoms with Crippen LogP contribution in [0.3, 0.4) is 0 Å². The lowest BCUT2D eigenvalue weighted by molar-refractivity contribution is -0.142. The number of carbonyl (C=O) groups excluding carboxylic acids is 1. The maximum Gasteiger partial charge on any atom is 0.306 e. The van der Waals surface area contributed by atoms with E-state index >= 15 is 0 Å². The van der Waals surface area contributed by atoms with Gasteiger partial charge in [-0.3, -0.25) is 4.79 Å². The number of hydrogen-bond donors (Lipinski definition) is 0.